The molecule has 0 bridgehead atoms. The molecule has 0 aromatic heterocycles. The maximum Gasteiger partial charge on any atom is 0.240 e. The molecule has 7 nitrogen and oxygen atoms in total. The predicted molar refractivity (Wildman–Crippen MR) is 104 cm³/mol. The van der Waals surface area contributed by atoms with Gasteiger partial charge in [-0.15, -0.1) is 0 Å². The van der Waals surface area contributed by atoms with Crippen molar-refractivity contribution in [3.63, 3.8) is 0 Å². The van der Waals surface area contributed by atoms with Gasteiger partial charge in [0.15, 0.2) is 11.5 Å². The summed E-state index contributed by atoms with van der Waals surface area (Å²) in [7, 11) is -3.58. The van der Waals surface area contributed by atoms with E-state index in [-0.39, 0.29) is 16.8 Å². The van der Waals surface area contributed by atoms with Crippen molar-refractivity contribution in [3.05, 3.63) is 18.2 Å². The lowest BCUT2D eigenvalue weighted by molar-refractivity contribution is -0.121. The third-order valence-corrected chi connectivity index (χ3v) is 6.01. The van der Waals surface area contributed by atoms with Crippen LogP contribution in [0.1, 0.15) is 52.4 Å². The molecule has 1 amide bonds. The molecule has 0 spiro atoms. The highest BCUT2D eigenvalue weighted by Gasteiger charge is 2.18. The fourth-order valence-corrected chi connectivity index (χ4v) is 3.95. The molecular formula is C19H30N2O5S. The SMILES string of the molecule is CCC(CC)NC(=O)CCCCCNS(=O)(=O)c1ccc2c(c1)OCCO2. The number of rotatable bonds is 11. The van der Waals surface area contributed by atoms with Gasteiger partial charge in [0, 0.05) is 25.1 Å². The van der Waals surface area contributed by atoms with Crippen LogP contribution in [-0.2, 0) is 14.8 Å². The average molecular weight is 399 g/mol. The largest absolute Gasteiger partial charge is 0.486 e. The van der Waals surface area contributed by atoms with Crippen LogP contribution in [0.3, 0.4) is 0 Å². The van der Waals surface area contributed by atoms with Crippen LogP contribution < -0.4 is 19.5 Å². The Hall–Kier alpha value is -1.80. The minimum Gasteiger partial charge on any atom is -0.486 e. The highest BCUT2D eigenvalue weighted by atomic mass is 32.2. The Morgan fingerprint density at radius 2 is 1.78 bits per heavy atom. The second-order valence-electron chi connectivity index (χ2n) is 6.59. The Morgan fingerprint density at radius 1 is 1.07 bits per heavy atom. The molecule has 0 atom stereocenters. The summed E-state index contributed by atoms with van der Waals surface area (Å²) in [5.74, 6) is 1.08. The number of unbranched alkanes of at least 4 members (excludes halogenated alkanes) is 2. The summed E-state index contributed by atoms with van der Waals surface area (Å²) >= 11 is 0. The molecule has 27 heavy (non-hydrogen) atoms. The van der Waals surface area contributed by atoms with Crippen LogP contribution in [0.4, 0.5) is 0 Å². The summed E-state index contributed by atoms with van der Waals surface area (Å²) in [4.78, 5) is 12.0. The average Bonchev–Trinajstić information content (AvgIpc) is 2.68. The standard InChI is InChI=1S/C19H30N2O5S/c1-3-15(4-2)21-19(22)8-6-5-7-11-20-27(23,24)16-9-10-17-18(14-16)26-13-12-25-17/h9-10,14-15,20H,3-8,11-13H2,1-2H3,(H,21,22). The molecule has 0 saturated heterocycles. The molecule has 152 valence electrons. The summed E-state index contributed by atoms with van der Waals surface area (Å²) in [6.07, 6.45) is 4.57. The first-order chi connectivity index (χ1) is 13.0. The zero-order valence-electron chi connectivity index (χ0n) is 16.1. The van der Waals surface area contributed by atoms with E-state index in [0.29, 0.717) is 44.1 Å². The Balaban J connectivity index is 1.69. The maximum atomic E-state index is 12.4. The fourth-order valence-electron chi connectivity index (χ4n) is 2.86. The molecule has 1 aromatic rings. The summed E-state index contributed by atoms with van der Waals surface area (Å²) in [6.45, 7) is 5.33. The Bertz CT molecular complexity index is 717. The minimum absolute atomic E-state index is 0.0700. The van der Waals surface area contributed by atoms with Gasteiger partial charge in [-0.2, -0.15) is 0 Å². The van der Waals surface area contributed by atoms with Crippen molar-refractivity contribution in [1.29, 1.82) is 0 Å². The summed E-state index contributed by atoms with van der Waals surface area (Å²) in [5.41, 5.74) is 0. The van der Waals surface area contributed by atoms with Crippen molar-refractivity contribution >= 4 is 15.9 Å². The number of nitrogens with one attached hydrogen (secondary N) is 2. The van der Waals surface area contributed by atoms with Gasteiger partial charge in [0.25, 0.3) is 0 Å². The van der Waals surface area contributed by atoms with Crippen molar-refractivity contribution in [2.24, 2.45) is 0 Å². The smallest absolute Gasteiger partial charge is 0.240 e. The number of ether oxygens (including phenoxy) is 2. The van der Waals surface area contributed by atoms with Crippen LogP contribution >= 0.6 is 0 Å². The van der Waals surface area contributed by atoms with Gasteiger partial charge in [-0.25, -0.2) is 13.1 Å². The van der Waals surface area contributed by atoms with Gasteiger partial charge in [-0.3, -0.25) is 4.79 Å². The van der Waals surface area contributed by atoms with Crippen LogP contribution in [0, 0.1) is 0 Å². The quantitative estimate of drug-likeness (QED) is 0.559. The van der Waals surface area contributed by atoms with E-state index in [1.165, 1.54) is 12.1 Å². The number of hydrogen-bond acceptors (Lipinski definition) is 5. The number of carbonyl (C=O) groups is 1. The van der Waals surface area contributed by atoms with Crippen LogP contribution in [0.5, 0.6) is 11.5 Å². The molecule has 1 aliphatic rings. The summed E-state index contributed by atoms with van der Waals surface area (Å²) in [5, 5.41) is 3.01. The molecule has 0 fully saturated rings. The first-order valence-electron chi connectivity index (χ1n) is 9.65. The van der Waals surface area contributed by atoms with Crippen molar-refractivity contribution in [3.8, 4) is 11.5 Å². The van der Waals surface area contributed by atoms with Crippen LogP contribution in [0.15, 0.2) is 23.1 Å². The first-order valence-corrected chi connectivity index (χ1v) is 11.1. The highest BCUT2D eigenvalue weighted by Crippen LogP contribution is 2.32. The molecule has 0 aliphatic carbocycles. The van der Waals surface area contributed by atoms with Gasteiger partial charge in [-0.05, 0) is 37.8 Å². The minimum atomic E-state index is -3.58. The Labute approximate surface area is 161 Å². The van der Waals surface area contributed by atoms with Gasteiger partial charge in [0.1, 0.15) is 13.2 Å². The molecule has 1 heterocycles. The molecule has 1 aromatic carbocycles. The van der Waals surface area contributed by atoms with Crippen LogP contribution in [-0.4, -0.2) is 40.1 Å². The number of carbonyl (C=O) groups excluding carboxylic acids is 1. The third-order valence-electron chi connectivity index (χ3n) is 4.55. The van der Waals surface area contributed by atoms with Crippen LogP contribution in [0.25, 0.3) is 0 Å². The molecule has 2 N–H and O–H groups in total. The molecular weight excluding hydrogens is 368 g/mol. The number of fused-ring (bicyclic) bond motifs is 1. The third kappa shape index (κ3) is 6.70. The lowest BCUT2D eigenvalue weighted by atomic mass is 10.1. The number of amides is 1. The second-order valence-corrected chi connectivity index (χ2v) is 8.36. The molecule has 0 saturated carbocycles. The topological polar surface area (TPSA) is 93.7 Å². The predicted octanol–water partition coefficient (Wildman–Crippen LogP) is 2.60. The van der Waals surface area contributed by atoms with Gasteiger partial charge in [0.2, 0.25) is 15.9 Å². The molecule has 1 aliphatic heterocycles. The van der Waals surface area contributed by atoms with E-state index >= 15 is 0 Å². The Morgan fingerprint density at radius 3 is 2.48 bits per heavy atom. The number of sulfonamides is 1. The normalized spacial score (nSPS) is 13.6. The number of benzene rings is 1. The van der Waals surface area contributed by atoms with E-state index in [1.807, 2.05) is 0 Å². The fraction of sp³-hybridized carbons (Fsp3) is 0.632. The monoisotopic (exact) mass is 398 g/mol. The summed E-state index contributed by atoms with van der Waals surface area (Å²) in [6, 6.07) is 4.86. The lowest BCUT2D eigenvalue weighted by Crippen LogP contribution is -2.33. The van der Waals surface area contributed by atoms with Gasteiger partial charge >= 0.3 is 0 Å². The Kier molecular flexibility index (Phi) is 8.37. The zero-order valence-corrected chi connectivity index (χ0v) is 16.9. The van der Waals surface area contributed by atoms with E-state index in [4.69, 9.17) is 9.47 Å². The van der Waals surface area contributed by atoms with Crippen LogP contribution in [0.2, 0.25) is 0 Å². The molecule has 2 rings (SSSR count). The van der Waals surface area contributed by atoms with Gasteiger partial charge < -0.3 is 14.8 Å². The molecule has 0 radical (unpaired) electrons. The van der Waals surface area contributed by atoms with Crippen molar-refractivity contribution in [1.82, 2.24) is 10.0 Å². The first kappa shape index (κ1) is 21.5. The highest BCUT2D eigenvalue weighted by molar-refractivity contribution is 7.89. The van der Waals surface area contributed by atoms with E-state index in [2.05, 4.69) is 23.9 Å². The zero-order chi connectivity index (χ0) is 19.7. The van der Waals surface area contributed by atoms with E-state index in [1.54, 1.807) is 6.07 Å². The van der Waals surface area contributed by atoms with Crippen molar-refractivity contribution in [2.45, 2.75) is 63.3 Å². The molecule has 0 unspecified atom stereocenters. The lowest BCUT2D eigenvalue weighted by Gasteiger charge is -2.18. The summed E-state index contributed by atoms with van der Waals surface area (Å²) < 4.78 is 38.2. The van der Waals surface area contributed by atoms with E-state index < -0.39 is 10.0 Å². The maximum absolute atomic E-state index is 12.4. The van der Waals surface area contributed by atoms with Gasteiger partial charge in [0.05, 0.1) is 4.90 Å². The van der Waals surface area contributed by atoms with Crippen molar-refractivity contribution < 1.29 is 22.7 Å². The second kappa shape index (κ2) is 10.5. The molecule has 8 heteroatoms. The van der Waals surface area contributed by atoms with Crippen molar-refractivity contribution in [2.75, 3.05) is 19.8 Å². The van der Waals surface area contributed by atoms with E-state index in [9.17, 15) is 13.2 Å². The van der Waals surface area contributed by atoms with E-state index in [0.717, 1.165) is 25.7 Å². The van der Waals surface area contributed by atoms with Gasteiger partial charge in [-0.1, -0.05) is 20.3 Å². The number of hydrogen-bond donors (Lipinski definition) is 2.